The van der Waals surface area contributed by atoms with Crippen LogP contribution in [0.1, 0.15) is 46.5 Å². The second kappa shape index (κ2) is 11.2. The van der Waals surface area contributed by atoms with Crippen molar-refractivity contribution in [3.63, 3.8) is 0 Å². The molecule has 0 aromatic carbocycles. The average molecular weight is 236 g/mol. The van der Waals surface area contributed by atoms with Crippen LogP contribution < -0.4 is 12.3 Å². The first-order valence-corrected chi connectivity index (χ1v) is 5.42. The quantitative estimate of drug-likeness (QED) is 0.533. The Kier molecular flexibility index (Phi) is 15.7. The van der Waals surface area contributed by atoms with Gasteiger partial charge in [-0.25, -0.2) is 0 Å². The van der Waals surface area contributed by atoms with Gasteiger partial charge in [0.25, 0.3) is 0 Å². The van der Waals surface area contributed by atoms with Gasteiger partial charge >= 0.3 is 0 Å². The summed E-state index contributed by atoms with van der Waals surface area (Å²) in [4.78, 5) is 2.11. The van der Waals surface area contributed by atoms with E-state index in [0.29, 0.717) is 5.92 Å². The molecule has 0 saturated heterocycles. The predicted molar refractivity (Wildman–Crippen MR) is 74.2 cm³/mol. The van der Waals surface area contributed by atoms with Gasteiger partial charge in [0, 0.05) is 5.92 Å². The Bertz CT molecular complexity index is 156. The third-order valence-corrected chi connectivity index (χ3v) is 2.65. The zero-order valence-electron chi connectivity index (χ0n) is 9.64. The van der Waals surface area contributed by atoms with Gasteiger partial charge in [-0.3, -0.25) is 0 Å². The summed E-state index contributed by atoms with van der Waals surface area (Å²) in [6.45, 7) is 6.22. The maximum Gasteiger partial charge on any atom is 0.0211 e. The lowest BCUT2D eigenvalue weighted by atomic mass is 9.96. The summed E-state index contributed by atoms with van der Waals surface area (Å²) in [5, 5.41) is 0. The molecule has 0 aromatic heterocycles. The number of rotatable bonds is 6. The molecule has 0 aromatic rings. The molecule has 0 unspecified atom stereocenters. The van der Waals surface area contributed by atoms with Crippen molar-refractivity contribution in [2.75, 3.05) is 0 Å². The zero-order chi connectivity index (χ0) is 9.56. The molecule has 0 heterocycles. The van der Waals surface area contributed by atoms with Crippen molar-refractivity contribution in [3.8, 4) is 0 Å². The Hall–Kier alpha value is 0.100. The summed E-state index contributed by atoms with van der Waals surface area (Å²) < 4.78 is 0. The summed E-state index contributed by atoms with van der Waals surface area (Å²) >= 11 is 10.3. The monoisotopic (exact) mass is 236 g/mol. The van der Waals surface area contributed by atoms with Crippen LogP contribution in [-0.2, 0) is 0 Å². The van der Waals surface area contributed by atoms with E-state index in [1.807, 2.05) is 13.8 Å². The van der Waals surface area contributed by atoms with Gasteiger partial charge in [0.15, 0.2) is 0 Å². The molecule has 0 fully saturated rings. The summed E-state index contributed by atoms with van der Waals surface area (Å²) in [6.07, 6.45) is 4.96. The summed E-state index contributed by atoms with van der Waals surface area (Å²) in [5.74, 6) is 0.404. The van der Waals surface area contributed by atoms with Crippen LogP contribution in [0.4, 0.5) is 0 Å². The van der Waals surface area contributed by atoms with Gasteiger partial charge in [0.2, 0.25) is 0 Å². The smallest absolute Gasteiger partial charge is 0.0211 e. The number of hydrogen-bond acceptors (Lipinski definition) is 4. The van der Waals surface area contributed by atoms with Crippen molar-refractivity contribution in [2.24, 2.45) is 5.92 Å². The van der Waals surface area contributed by atoms with Gasteiger partial charge in [-0.15, -0.1) is 0 Å². The second-order valence-electron chi connectivity index (χ2n) is 3.27. The Morgan fingerprint density at radius 3 is 1.71 bits per heavy atom. The molecule has 0 aliphatic rings. The fourth-order valence-electron chi connectivity index (χ4n) is 1.29. The highest BCUT2D eigenvalue weighted by Crippen LogP contribution is 2.14. The van der Waals surface area contributed by atoms with E-state index in [4.69, 9.17) is 24.4 Å². The minimum atomic E-state index is 0. The number of unbranched alkanes of at least 4 members (excludes halogenated alkanes) is 2. The largest absolute Gasteiger partial charge is 0.344 e. The van der Waals surface area contributed by atoms with Crippen LogP contribution in [-0.4, -0.2) is 9.73 Å². The Balaban J connectivity index is -0.000000605. The molecule has 0 radical (unpaired) electrons. The summed E-state index contributed by atoms with van der Waals surface area (Å²) in [6, 6.07) is 0. The lowest BCUT2D eigenvalue weighted by Gasteiger charge is -2.13. The van der Waals surface area contributed by atoms with Crippen molar-refractivity contribution in [1.29, 1.82) is 0 Å². The molecule has 0 amide bonds. The van der Waals surface area contributed by atoms with E-state index in [1.54, 1.807) is 0 Å². The lowest BCUT2D eigenvalue weighted by molar-refractivity contribution is 0.648. The summed E-state index contributed by atoms with van der Waals surface area (Å²) in [5.41, 5.74) is 0. The fraction of sp³-hybridized carbons (Fsp3) is 0.800. The van der Waals surface area contributed by atoms with Gasteiger partial charge in [0.1, 0.15) is 0 Å². The minimum Gasteiger partial charge on any atom is -0.344 e. The second-order valence-corrected chi connectivity index (χ2v) is 4.56. The van der Waals surface area contributed by atoms with E-state index in [2.05, 4.69) is 6.92 Å². The highest BCUT2D eigenvalue weighted by atomic mass is 32.1. The van der Waals surface area contributed by atoms with Crippen LogP contribution in [0.2, 0.25) is 0 Å². The van der Waals surface area contributed by atoms with Crippen molar-refractivity contribution in [2.45, 2.75) is 46.5 Å². The van der Waals surface area contributed by atoms with Crippen LogP contribution in [0.25, 0.3) is 0 Å². The topological polar surface area (TPSA) is 70.0 Å². The standard InChI is InChI=1S/C10H18S2.2H3N/c1-4-5-6-7-10(8(2)11)9(3)12;;/h10H,4-7H2,1-3H3;2*1H3. The molecule has 6 N–H and O–H groups in total. The van der Waals surface area contributed by atoms with Crippen LogP contribution >= 0.6 is 24.4 Å². The molecule has 14 heavy (non-hydrogen) atoms. The van der Waals surface area contributed by atoms with Crippen LogP contribution in [0.5, 0.6) is 0 Å². The van der Waals surface area contributed by atoms with E-state index in [9.17, 15) is 0 Å². The molecule has 0 atom stereocenters. The molecule has 0 aliphatic heterocycles. The molecule has 0 bridgehead atoms. The maximum atomic E-state index is 5.16. The average Bonchev–Trinajstić information content (AvgIpc) is 1.96. The third-order valence-electron chi connectivity index (χ3n) is 2.08. The molecule has 0 aliphatic carbocycles. The molecule has 2 nitrogen and oxygen atoms in total. The summed E-state index contributed by atoms with van der Waals surface area (Å²) in [7, 11) is 0. The first-order chi connectivity index (χ1) is 5.59. The highest BCUT2D eigenvalue weighted by molar-refractivity contribution is 7.82. The molecule has 0 spiro atoms. The van der Waals surface area contributed by atoms with Gasteiger partial charge in [0.05, 0.1) is 0 Å². The van der Waals surface area contributed by atoms with E-state index in [0.717, 1.165) is 16.1 Å². The van der Waals surface area contributed by atoms with E-state index < -0.39 is 0 Å². The first kappa shape index (κ1) is 19.6. The Morgan fingerprint density at radius 2 is 1.43 bits per heavy atom. The van der Waals surface area contributed by atoms with E-state index in [-0.39, 0.29) is 12.3 Å². The normalized spacial score (nSPS) is 8.86. The lowest BCUT2D eigenvalue weighted by Crippen LogP contribution is -2.16. The van der Waals surface area contributed by atoms with Crippen molar-refractivity contribution in [1.82, 2.24) is 12.3 Å². The van der Waals surface area contributed by atoms with Crippen LogP contribution in [0, 0.1) is 5.92 Å². The maximum absolute atomic E-state index is 5.16. The van der Waals surface area contributed by atoms with Crippen LogP contribution in [0.15, 0.2) is 0 Å². The number of thiocarbonyl (C=S) groups is 2. The highest BCUT2D eigenvalue weighted by Gasteiger charge is 2.11. The third kappa shape index (κ3) is 8.69. The molecular weight excluding hydrogens is 212 g/mol. The number of hydrogen-bond donors (Lipinski definition) is 2. The van der Waals surface area contributed by atoms with Crippen LogP contribution in [0.3, 0.4) is 0 Å². The molecule has 0 rings (SSSR count). The minimum absolute atomic E-state index is 0. The molecular formula is C10H24N2S2. The SMILES string of the molecule is CCCCCC(C(C)=S)C(C)=S.N.N. The predicted octanol–water partition coefficient (Wildman–Crippen LogP) is 4.29. The van der Waals surface area contributed by atoms with Gasteiger partial charge < -0.3 is 12.3 Å². The Labute approximate surface area is 99.0 Å². The molecule has 0 saturated carbocycles. The van der Waals surface area contributed by atoms with Crippen molar-refractivity contribution < 1.29 is 0 Å². The van der Waals surface area contributed by atoms with Crippen molar-refractivity contribution >= 4 is 34.2 Å². The van der Waals surface area contributed by atoms with Gasteiger partial charge in [-0.05, 0) is 30.0 Å². The van der Waals surface area contributed by atoms with Gasteiger partial charge in [-0.1, -0.05) is 50.6 Å². The fourth-order valence-corrected chi connectivity index (χ4v) is 1.96. The zero-order valence-corrected chi connectivity index (χ0v) is 11.3. The first-order valence-electron chi connectivity index (χ1n) is 4.60. The van der Waals surface area contributed by atoms with Crippen molar-refractivity contribution in [3.05, 3.63) is 0 Å². The Morgan fingerprint density at radius 1 is 1.00 bits per heavy atom. The van der Waals surface area contributed by atoms with E-state index in [1.165, 1.54) is 19.3 Å². The van der Waals surface area contributed by atoms with Gasteiger partial charge in [-0.2, -0.15) is 0 Å². The molecule has 86 valence electrons. The van der Waals surface area contributed by atoms with E-state index >= 15 is 0 Å². The molecule has 4 heteroatoms.